The summed E-state index contributed by atoms with van der Waals surface area (Å²) >= 11 is 0. The quantitative estimate of drug-likeness (QED) is 0.495. The summed E-state index contributed by atoms with van der Waals surface area (Å²) in [5, 5.41) is 11.4. The van der Waals surface area contributed by atoms with E-state index in [-0.39, 0.29) is 0 Å². The molecule has 1 fully saturated rings. The second-order valence-electron chi connectivity index (χ2n) is 5.33. The van der Waals surface area contributed by atoms with Crippen LogP contribution < -0.4 is 0 Å². The van der Waals surface area contributed by atoms with Crippen LogP contribution in [-0.4, -0.2) is 23.4 Å². The topological polar surface area (TPSA) is 23.5 Å². The Kier molecular flexibility index (Phi) is 7.87. The van der Waals surface area contributed by atoms with Gasteiger partial charge in [-0.15, -0.1) is 0 Å². The van der Waals surface area contributed by atoms with Gasteiger partial charge in [-0.05, 0) is 25.2 Å². The van der Waals surface area contributed by atoms with Gasteiger partial charge in [-0.3, -0.25) is 0 Å². The lowest BCUT2D eigenvalue weighted by Gasteiger charge is -2.25. The minimum Gasteiger partial charge on any atom is -0.314 e. The van der Waals surface area contributed by atoms with Gasteiger partial charge in [0.15, 0.2) is 0 Å². The average molecular weight is 227 g/mol. The van der Waals surface area contributed by atoms with Crippen molar-refractivity contribution in [3.63, 3.8) is 0 Å². The molecule has 1 rings (SSSR count). The van der Waals surface area contributed by atoms with Crippen LogP contribution in [-0.2, 0) is 0 Å². The van der Waals surface area contributed by atoms with Gasteiger partial charge in [0.1, 0.15) is 0 Å². The van der Waals surface area contributed by atoms with Crippen molar-refractivity contribution < 1.29 is 5.21 Å². The molecule has 1 aliphatic carbocycles. The third kappa shape index (κ3) is 6.49. The predicted molar refractivity (Wildman–Crippen MR) is 68.7 cm³/mol. The molecule has 0 unspecified atom stereocenters. The Labute approximate surface area is 101 Å². The van der Waals surface area contributed by atoms with Crippen molar-refractivity contribution in [3.05, 3.63) is 0 Å². The predicted octanol–water partition coefficient (Wildman–Crippen LogP) is 4.23. The van der Waals surface area contributed by atoms with Crippen LogP contribution in [0.4, 0.5) is 0 Å². The van der Waals surface area contributed by atoms with Crippen molar-refractivity contribution in [1.29, 1.82) is 0 Å². The first-order chi connectivity index (χ1) is 7.83. The van der Waals surface area contributed by atoms with Gasteiger partial charge in [0.25, 0.3) is 0 Å². The van der Waals surface area contributed by atoms with E-state index >= 15 is 0 Å². The summed E-state index contributed by atoms with van der Waals surface area (Å²) in [7, 11) is 0. The van der Waals surface area contributed by atoms with Crippen molar-refractivity contribution in [2.24, 2.45) is 5.92 Å². The van der Waals surface area contributed by atoms with Crippen molar-refractivity contribution in [1.82, 2.24) is 5.06 Å². The molecule has 2 heteroatoms. The van der Waals surface area contributed by atoms with E-state index in [0.717, 1.165) is 25.4 Å². The molecular formula is C14H29NO. The van der Waals surface area contributed by atoms with Gasteiger partial charge in [-0.2, -0.15) is 5.06 Å². The molecule has 0 spiro atoms. The third-order valence-corrected chi connectivity index (χ3v) is 3.71. The number of hydroxylamine groups is 2. The highest BCUT2D eigenvalue weighted by molar-refractivity contribution is 4.67. The maximum atomic E-state index is 9.79. The van der Waals surface area contributed by atoms with Crippen molar-refractivity contribution in [2.45, 2.75) is 71.1 Å². The minimum absolute atomic E-state index is 0.759. The van der Waals surface area contributed by atoms with Crippen LogP contribution in [0.5, 0.6) is 0 Å². The van der Waals surface area contributed by atoms with Gasteiger partial charge in [-0.1, -0.05) is 51.9 Å². The fraction of sp³-hybridized carbons (Fsp3) is 1.00. The Morgan fingerprint density at radius 3 is 2.38 bits per heavy atom. The minimum atomic E-state index is 0.759. The van der Waals surface area contributed by atoms with E-state index in [1.54, 1.807) is 5.06 Å². The Morgan fingerprint density at radius 2 is 1.69 bits per heavy atom. The fourth-order valence-corrected chi connectivity index (χ4v) is 2.66. The monoisotopic (exact) mass is 227 g/mol. The molecule has 0 radical (unpaired) electrons. The molecule has 96 valence electrons. The summed E-state index contributed by atoms with van der Waals surface area (Å²) in [6.07, 6.45) is 13.2. The number of hydrogen-bond donors (Lipinski definition) is 1. The van der Waals surface area contributed by atoms with Crippen LogP contribution in [0.2, 0.25) is 0 Å². The molecule has 1 aliphatic rings. The first-order valence-corrected chi connectivity index (χ1v) is 7.26. The van der Waals surface area contributed by atoms with Crippen molar-refractivity contribution in [3.8, 4) is 0 Å². The highest BCUT2D eigenvalue weighted by Gasteiger charge is 2.15. The number of nitrogens with zero attached hydrogens (tertiary/aromatic N) is 1. The summed E-state index contributed by atoms with van der Waals surface area (Å²) < 4.78 is 0. The van der Waals surface area contributed by atoms with Gasteiger partial charge in [0.2, 0.25) is 0 Å². The van der Waals surface area contributed by atoms with E-state index in [0.29, 0.717) is 0 Å². The Bertz CT molecular complexity index is 155. The Balaban J connectivity index is 1.95. The van der Waals surface area contributed by atoms with Crippen molar-refractivity contribution >= 4 is 0 Å². The van der Waals surface area contributed by atoms with Gasteiger partial charge in [0, 0.05) is 13.1 Å². The van der Waals surface area contributed by atoms with Gasteiger partial charge < -0.3 is 5.21 Å². The van der Waals surface area contributed by atoms with E-state index < -0.39 is 0 Å². The second kappa shape index (κ2) is 9.00. The molecular weight excluding hydrogens is 198 g/mol. The Hall–Kier alpha value is -0.0800. The molecule has 16 heavy (non-hydrogen) atoms. The zero-order valence-corrected chi connectivity index (χ0v) is 11.0. The summed E-state index contributed by atoms with van der Waals surface area (Å²) in [5.41, 5.74) is 0. The van der Waals surface area contributed by atoms with Crippen LogP contribution in [0, 0.1) is 5.92 Å². The molecule has 0 heterocycles. The normalized spacial score (nSPS) is 18.2. The highest BCUT2D eigenvalue weighted by Crippen LogP contribution is 2.24. The number of unbranched alkanes of at least 4 members (excludes halogenated alkanes) is 4. The molecule has 0 aromatic heterocycles. The zero-order chi connectivity index (χ0) is 11.6. The van der Waals surface area contributed by atoms with E-state index in [1.807, 2.05) is 0 Å². The van der Waals surface area contributed by atoms with Crippen molar-refractivity contribution in [2.75, 3.05) is 13.1 Å². The maximum Gasteiger partial charge on any atom is 0.0266 e. The molecule has 0 amide bonds. The summed E-state index contributed by atoms with van der Waals surface area (Å²) in [6, 6.07) is 0. The molecule has 0 aromatic carbocycles. The Morgan fingerprint density at radius 1 is 1.00 bits per heavy atom. The third-order valence-electron chi connectivity index (χ3n) is 3.71. The first kappa shape index (κ1) is 14.0. The molecule has 1 saturated carbocycles. The van der Waals surface area contributed by atoms with E-state index in [4.69, 9.17) is 0 Å². The second-order valence-corrected chi connectivity index (χ2v) is 5.33. The summed E-state index contributed by atoms with van der Waals surface area (Å²) in [5.74, 6) is 0.759. The summed E-state index contributed by atoms with van der Waals surface area (Å²) in [4.78, 5) is 0. The first-order valence-electron chi connectivity index (χ1n) is 7.26. The largest absolute Gasteiger partial charge is 0.314 e. The highest BCUT2D eigenvalue weighted by atomic mass is 16.5. The molecule has 0 saturated heterocycles. The molecule has 0 aliphatic heterocycles. The fourth-order valence-electron chi connectivity index (χ4n) is 2.66. The van der Waals surface area contributed by atoms with Crippen LogP contribution in [0.1, 0.15) is 71.1 Å². The number of hydrogen-bond acceptors (Lipinski definition) is 2. The van der Waals surface area contributed by atoms with E-state index in [2.05, 4.69) is 6.92 Å². The molecule has 0 aromatic rings. The molecule has 0 bridgehead atoms. The van der Waals surface area contributed by atoms with Crippen LogP contribution in [0.3, 0.4) is 0 Å². The number of rotatable bonds is 8. The summed E-state index contributed by atoms with van der Waals surface area (Å²) in [6.45, 7) is 4.02. The van der Waals surface area contributed by atoms with Crippen LogP contribution in [0.25, 0.3) is 0 Å². The molecule has 1 N–H and O–H groups in total. The van der Waals surface area contributed by atoms with E-state index in [1.165, 1.54) is 57.8 Å². The van der Waals surface area contributed by atoms with Gasteiger partial charge >= 0.3 is 0 Å². The smallest absolute Gasteiger partial charge is 0.0266 e. The molecule has 2 nitrogen and oxygen atoms in total. The van der Waals surface area contributed by atoms with Gasteiger partial charge in [-0.25, -0.2) is 0 Å². The van der Waals surface area contributed by atoms with Gasteiger partial charge in [0.05, 0.1) is 0 Å². The lowest BCUT2D eigenvalue weighted by Crippen LogP contribution is -2.28. The zero-order valence-electron chi connectivity index (χ0n) is 11.0. The maximum absolute atomic E-state index is 9.79. The lowest BCUT2D eigenvalue weighted by atomic mass is 9.89. The SMILES string of the molecule is CCCCCCCN(O)CC1CCCCC1. The lowest BCUT2D eigenvalue weighted by molar-refractivity contribution is -0.105. The van der Waals surface area contributed by atoms with Crippen LogP contribution >= 0.6 is 0 Å². The average Bonchev–Trinajstić information content (AvgIpc) is 2.30. The van der Waals surface area contributed by atoms with E-state index in [9.17, 15) is 5.21 Å². The standard InChI is InChI=1S/C14H29NO/c1-2-3-4-5-9-12-15(16)13-14-10-7-6-8-11-14/h14,16H,2-13H2,1H3. The molecule has 0 atom stereocenters. The van der Waals surface area contributed by atoms with Crippen LogP contribution in [0.15, 0.2) is 0 Å².